The monoisotopic (exact) mass is 405 g/mol. The Hall–Kier alpha value is -2.66. The van der Waals surface area contributed by atoms with Crippen LogP contribution >= 0.6 is 0 Å². The van der Waals surface area contributed by atoms with Gasteiger partial charge in [0.2, 0.25) is 5.91 Å². The first-order valence-corrected chi connectivity index (χ1v) is 11.2. The molecule has 5 nitrogen and oxygen atoms in total. The summed E-state index contributed by atoms with van der Waals surface area (Å²) in [6, 6.07) is 17.5. The molecule has 4 rings (SSSR count). The number of carbonyl (C=O) groups is 2. The van der Waals surface area contributed by atoms with Crippen LogP contribution < -0.4 is 10.6 Å². The third-order valence-electron chi connectivity index (χ3n) is 6.39. The van der Waals surface area contributed by atoms with Crippen molar-refractivity contribution in [2.75, 3.05) is 19.6 Å². The van der Waals surface area contributed by atoms with Crippen molar-refractivity contribution in [1.29, 1.82) is 0 Å². The average molecular weight is 406 g/mol. The van der Waals surface area contributed by atoms with Gasteiger partial charge in [-0.2, -0.15) is 0 Å². The van der Waals surface area contributed by atoms with Crippen molar-refractivity contribution in [2.24, 2.45) is 5.92 Å². The van der Waals surface area contributed by atoms with Gasteiger partial charge in [-0.25, -0.2) is 0 Å². The maximum Gasteiger partial charge on any atom is 0.253 e. The van der Waals surface area contributed by atoms with Gasteiger partial charge in [0.1, 0.15) is 6.04 Å². The SMILES string of the molecule is O=C(NCCCCC1CCN(C(=O)c2ccccc2)CC1)C1NCc2ccccc21. The van der Waals surface area contributed by atoms with Gasteiger partial charge in [0.05, 0.1) is 0 Å². The van der Waals surface area contributed by atoms with Gasteiger partial charge in [0, 0.05) is 31.7 Å². The minimum Gasteiger partial charge on any atom is -0.354 e. The van der Waals surface area contributed by atoms with Gasteiger partial charge in [0.25, 0.3) is 5.91 Å². The fourth-order valence-electron chi connectivity index (χ4n) is 4.59. The summed E-state index contributed by atoms with van der Waals surface area (Å²) < 4.78 is 0. The Morgan fingerprint density at radius 3 is 2.50 bits per heavy atom. The third-order valence-corrected chi connectivity index (χ3v) is 6.39. The molecule has 2 aliphatic heterocycles. The quantitative estimate of drug-likeness (QED) is 0.691. The molecule has 30 heavy (non-hydrogen) atoms. The number of fused-ring (bicyclic) bond motifs is 1. The molecule has 1 atom stereocenters. The van der Waals surface area contributed by atoms with Gasteiger partial charge in [0.15, 0.2) is 0 Å². The van der Waals surface area contributed by atoms with E-state index in [1.54, 1.807) is 0 Å². The van der Waals surface area contributed by atoms with Crippen LogP contribution in [0, 0.1) is 5.92 Å². The fraction of sp³-hybridized carbons (Fsp3) is 0.440. The molecule has 0 saturated carbocycles. The molecule has 2 N–H and O–H groups in total. The van der Waals surface area contributed by atoms with Crippen LogP contribution in [-0.2, 0) is 11.3 Å². The number of rotatable bonds is 7. The van der Waals surface area contributed by atoms with Gasteiger partial charge in [-0.05, 0) is 48.4 Å². The average Bonchev–Trinajstić information content (AvgIpc) is 3.23. The Bertz CT molecular complexity index is 860. The molecule has 5 heteroatoms. The van der Waals surface area contributed by atoms with E-state index in [0.717, 1.165) is 63.0 Å². The molecule has 2 aromatic carbocycles. The Kier molecular flexibility index (Phi) is 6.80. The molecule has 1 saturated heterocycles. The summed E-state index contributed by atoms with van der Waals surface area (Å²) in [5.74, 6) is 0.912. The molecule has 2 heterocycles. The minimum absolute atomic E-state index is 0.0766. The number of likely N-dealkylation sites (tertiary alicyclic amines) is 1. The molecule has 0 bridgehead atoms. The lowest BCUT2D eigenvalue weighted by Crippen LogP contribution is -2.38. The molecule has 1 fully saturated rings. The molecular weight excluding hydrogens is 374 g/mol. The van der Waals surface area contributed by atoms with Gasteiger partial charge in [-0.3, -0.25) is 14.9 Å². The highest BCUT2D eigenvalue weighted by molar-refractivity contribution is 5.94. The van der Waals surface area contributed by atoms with E-state index in [-0.39, 0.29) is 17.9 Å². The summed E-state index contributed by atoms with van der Waals surface area (Å²) in [5, 5.41) is 6.38. The molecule has 1 unspecified atom stereocenters. The van der Waals surface area contributed by atoms with E-state index in [2.05, 4.69) is 16.7 Å². The maximum atomic E-state index is 12.5. The normalized spacial score (nSPS) is 18.8. The third kappa shape index (κ3) is 4.90. The second-order valence-corrected chi connectivity index (χ2v) is 8.40. The highest BCUT2D eigenvalue weighted by atomic mass is 16.2. The van der Waals surface area contributed by atoms with Crippen LogP contribution in [0.15, 0.2) is 54.6 Å². The summed E-state index contributed by atoms with van der Waals surface area (Å²) in [6.07, 6.45) is 5.45. The van der Waals surface area contributed by atoms with Gasteiger partial charge >= 0.3 is 0 Å². The second-order valence-electron chi connectivity index (χ2n) is 8.40. The van der Waals surface area contributed by atoms with E-state index in [9.17, 15) is 9.59 Å². The summed E-state index contributed by atoms with van der Waals surface area (Å²) in [5.41, 5.74) is 3.10. The zero-order valence-corrected chi connectivity index (χ0v) is 17.5. The van der Waals surface area contributed by atoms with Crippen LogP contribution in [0.5, 0.6) is 0 Å². The van der Waals surface area contributed by atoms with Crippen LogP contribution in [0.1, 0.15) is 59.6 Å². The number of piperidine rings is 1. The van der Waals surface area contributed by atoms with Crippen LogP contribution in [0.25, 0.3) is 0 Å². The van der Waals surface area contributed by atoms with Crippen molar-refractivity contribution in [3.8, 4) is 0 Å². The first-order chi connectivity index (χ1) is 14.7. The molecule has 0 aliphatic carbocycles. The summed E-state index contributed by atoms with van der Waals surface area (Å²) in [4.78, 5) is 27.0. The zero-order chi connectivity index (χ0) is 20.8. The summed E-state index contributed by atoms with van der Waals surface area (Å²) in [6.45, 7) is 3.19. The molecule has 0 spiro atoms. The Morgan fingerprint density at radius 1 is 0.967 bits per heavy atom. The summed E-state index contributed by atoms with van der Waals surface area (Å²) in [7, 11) is 0. The number of nitrogens with zero attached hydrogens (tertiary/aromatic N) is 1. The second kappa shape index (κ2) is 9.90. The maximum absolute atomic E-state index is 12.5. The first kappa shape index (κ1) is 20.6. The number of amides is 2. The van der Waals surface area contributed by atoms with Crippen molar-refractivity contribution in [3.05, 3.63) is 71.3 Å². The predicted molar refractivity (Wildman–Crippen MR) is 118 cm³/mol. The van der Waals surface area contributed by atoms with Crippen LogP contribution in [0.3, 0.4) is 0 Å². The van der Waals surface area contributed by atoms with E-state index >= 15 is 0 Å². The van der Waals surface area contributed by atoms with Crippen molar-refractivity contribution >= 4 is 11.8 Å². The van der Waals surface area contributed by atoms with E-state index < -0.39 is 0 Å². The fourth-order valence-corrected chi connectivity index (χ4v) is 4.59. The lowest BCUT2D eigenvalue weighted by molar-refractivity contribution is -0.123. The molecule has 0 aromatic heterocycles. The largest absolute Gasteiger partial charge is 0.354 e. The number of carbonyl (C=O) groups excluding carboxylic acids is 2. The number of benzene rings is 2. The van der Waals surface area contributed by atoms with E-state index in [4.69, 9.17) is 0 Å². The molecule has 158 valence electrons. The zero-order valence-electron chi connectivity index (χ0n) is 17.5. The van der Waals surface area contributed by atoms with Crippen molar-refractivity contribution in [2.45, 2.75) is 44.7 Å². The number of nitrogens with one attached hydrogen (secondary N) is 2. The standard InChI is InChI=1S/C25H31N3O2/c29-24(23-22-12-5-4-11-21(22)18-27-23)26-15-7-6-8-19-13-16-28(17-14-19)25(30)20-9-2-1-3-10-20/h1-5,9-12,19,23,27H,6-8,13-18H2,(H,26,29). The molecule has 0 radical (unpaired) electrons. The Labute approximate surface area is 178 Å². The van der Waals surface area contributed by atoms with Gasteiger partial charge < -0.3 is 10.2 Å². The van der Waals surface area contributed by atoms with Crippen molar-refractivity contribution < 1.29 is 9.59 Å². The molecular formula is C25H31N3O2. The van der Waals surface area contributed by atoms with Gasteiger partial charge in [-0.1, -0.05) is 55.3 Å². The highest BCUT2D eigenvalue weighted by Gasteiger charge is 2.27. The van der Waals surface area contributed by atoms with Crippen LogP contribution in [0.2, 0.25) is 0 Å². The molecule has 2 aliphatic rings. The highest BCUT2D eigenvalue weighted by Crippen LogP contribution is 2.25. The summed E-state index contributed by atoms with van der Waals surface area (Å²) >= 11 is 0. The lowest BCUT2D eigenvalue weighted by atomic mass is 9.91. The topological polar surface area (TPSA) is 61.4 Å². The first-order valence-electron chi connectivity index (χ1n) is 11.2. The van der Waals surface area contributed by atoms with Crippen molar-refractivity contribution in [1.82, 2.24) is 15.5 Å². The van der Waals surface area contributed by atoms with Crippen LogP contribution in [0.4, 0.5) is 0 Å². The molecule has 2 aromatic rings. The van der Waals surface area contributed by atoms with Crippen LogP contribution in [-0.4, -0.2) is 36.3 Å². The van der Waals surface area contributed by atoms with Gasteiger partial charge in [-0.15, -0.1) is 0 Å². The lowest BCUT2D eigenvalue weighted by Gasteiger charge is -2.32. The Balaban J connectivity index is 1.11. The Morgan fingerprint density at radius 2 is 1.70 bits per heavy atom. The smallest absolute Gasteiger partial charge is 0.253 e. The van der Waals surface area contributed by atoms with E-state index in [1.807, 2.05) is 53.4 Å². The predicted octanol–water partition coefficient (Wildman–Crippen LogP) is 3.67. The molecule has 2 amide bonds. The van der Waals surface area contributed by atoms with E-state index in [1.165, 1.54) is 12.0 Å². The van der Waals surface area contributed by atoms with E-state index in [0.29, 0.717) is 5.92 Å². The van der Waals surface area contributed by atoms with Crippen molar-refractivity contribution in [3.63, 3.8) is 0 Å². The minimum atomic E-state index is -0.215. The number of hydrogen-bond acceptors (Lipinski definition) is 3. The number of unbranched alkanes of at least 4 members (excludes halogenated alkanes) is 1. The number of hydrogen-bond donors (Lipinski definition) is 2.